The van der Waals surface area contributed by atoms with Gasteiger partial charge in [-0.2, -0.15) is 5.10 Å². The molecule has 0 unspecified atom stereocenters. The van der Waals surface area contributed by atoms with Crippen molar-refractivity contribution < 1.29 is 14.3 Å². The average Bonchev–Trinajstić information content (AvgIpc) is 2.62. The zero-order valence-electron chi connectivity index (χ0n) is 12.9. The van der Waals surface area contributed by atoms with Gasteiger partial charge in [0.15, 0.2) is 11.5 Å². The first-order valence-corrected chi connectivity index (χ1v) is 7.58. The predicted octanol–water partition coefficient (Wildman–Crippen LogP) is 2.76. The maximum Gasteiger partial charge on any atom is 0.284 e. The highest BCUT2D eigenvalue weighted by atomic mass is 16.6. The van der Waals surface area contributed by atoms with Crippen molar-refractivity contribution in [3.8, 4) is 11.5 Å². The van der Waals surface area contributed by atoms with Gasteiger partial charge in [-0.25, -0.2) is 5.43 Å². The lowest BCUT2D eigenvalue weighted by Crippen LogP contribution is -2.42. The van der Waals surface area contributed by atoms with Gasteiger partial charge in [0.05, 0.1) is 5.71 Å². The summed E-state index contributed by atoms with van der Waals surface area (Å²) in [6.45, 7) is 2.17. The first kappa shape index (κ1) is 15.1. The first-order chi connectivity index (χ1) is 11.3. The second-order valence-electron chi connectivity index (χ2n) is 5.12. The Bertz CT molecular complexity index is 713. The van der Waals surface area contributed by atoms with Crippen molar-refractivity contribution in [2.75, 3.05) is 6.61 Å². The van der Waals surface area contributed by atoms with E-state index in [1.54, 1.807) is 6.07 Å². The van der Waals surface area contributed by atoms with Crippen molar-refractivity contribution in [2.45, 2.75) is 19.4 Å². The summed E-state index contributed by atoms with van der Waals surface area (Å²) >= 11 is 0. The first-order valence-electron chi connectivity index (χ1n) is 7.58. The largest absolute Gasteiger partial charge is 0.485 e. The molecule has 0 fully saturated rings. The molecule has 0 radical (unpaired) electrons. The number of carbonyl (C=O) groups is 1. The third-order valence-corrected chi connectivity index (χ3v) is 3.54. The molecule has 0 aromatic heterocycles. The van der Waals surface area contributed by atoms with Crippen LogP contribution in [0.25, 0.3) is 0 Å². The highest BCUT2D eigenvalue weighted by molar-refractivity contribution is 6.01. The fourth-order valence-corrected chi connectivity index (χ4v) is 2.32. The van der Waals surface area contributed by atoms with Crippen LogP contribution in [0.1, 0.15) is 18.9 Å². The number of amides is 1. The number of hydrazone groups is 1. The molecule has 3 rings (SSSR count). The van der Waals surface area contributed by atoms with E-state index in [0.717, 1.165) is 17.7 Å². The van der Waals surface area contributed by atoms with Crippen LogP contribution in [-0.4, -0.2) is 24.3 Å². The number of ether oxygens (including phenoxy) is 2. The van der Waals surface area contributed by atoms with Crippen LogP contribution in [-0.2, 0) is 4.79 Å². The number of hydrogen-bond donors (Lipinski definition) is 1. The normalized spacial score (nSPS) is 16.7. The molecule has 5 heteroatoms. The molecule has 1 N–H and O–H groups in total. The van der Waals surface area contributed by atoms with Crippen LogP contribution in [0.5, 0.6) is 11.5 Å². The lowest BCUT2D eigenvalue weighted by molar-refractivity contribution is -0.130. The molecule has 1 heterocycles. The van der Waals surface area contributed by atoms with E-state index in [0.29, 0.717) is 11.5 Å². The van der Waals surface area contributed by atoms with Crippen LogP contribution in [0.3, 0.4) is 0 Å². The highest BCUT2D eigenvalue weighted by Crippen LogP contribution is 2.30. The molecule has 0 aliphatic carbocycles. The van der Waals surface area contributed by atoms with Crippen molar-refractivity contribution >= 4 is 11.6 Å². The summed E-state index contributed by atoms with van der Waals surface area (Å²) in [4.78, 5) is 12.2. The zero-order valence-corrected chi connectivity index (χ0v) is 12.9. The van der Waals surface area contributed by atoms with Gasteiger partial charge in [0.25, 0.3) is 5.91 Å². The van der Waals surface area contributed by atoms with E-state index in [2.05, 4.69) is 10.5 Å². The second-order valence-corrected chi connectivity index (χ2v) is 5.12. The lowest BCUT2D eigenvalue weighted by Gasteiger charge is -2.24. The Labute approximate surface area is 134 Å². The number of rotatable bonds is 4. The standard InChI is InChI=1S/C18H18N2O3/c1-2-14(13-8-4-3-5-9-13)19-20-18(21)17-12-22-15-10-6-7-11-16(15)23-17/h3-11,17H,2,12H2,1H3,(H,20,21)/b19-14-/t17-/m1/s1. The predicted molar refractivity (Wildman–Crippen MR) is 87.8 cm³/mol. The van der Waals surface area contributed by atoms with E-state index in [1.165, 1.54) is 0 Å². The molecule has 118 valence electrons. The van der Waals surface area contributed by atoms with Crippen molar-refractivity contribution in [2.24, 2.45) is 5.10 Å². The van der Waals surface area contributed by atoms with E-state index >= 15 is 0 Å². The Balaban J connectivity index is 1.67. The van der Waals surface area contributed by atoms with Gasteiger partial charge in [0.2, 0.25) is 6.10 Å². The average molecular weight is 310 g/mol. The molecular formula is C18H18N2O3. The van der Waals surface area contributed by atoms with E-state index in [4.69, 9.17) is 9.47 Å². The number of fused-ring (bicyclic) bond motifs is 1. The van der Waals surface area contributed by atoms with Crippen molar-refractivity contribution in [3.05, 3.63) is 60.2 Å². The smallest absolute Gasteiger partial charge is 0.284 e. The Hall–Kier alpha value is -2.82. The molecule has 0 saturated heterocycles. The summed E-state index contributed by atoms with van der Waals surface area (Å²) in [7, 11) is 0. The fraction of sp³-hybridized carbons (Fsp3) is 0.222. The summed E-state index contributed by atoms with van der Waals surface area (Å²) < 4.78 is 11.2. The minimum absolute atomic E-state index is 0.172. The molecule has 1 amide bonds. The molecule has 1 atom stereocenters. The van der Waals surface area contributed by atoms with Crippen molar-refractivity contribution in [3.63, 3.8) is 0 Å². The summed E-state index contributed by atoms with van der Waals surface area (Å²) in [6, 6.07) is 17.0. The molecule has 0 bridgehead atoms. The van der Waals surface area contributed by atoms with Gasteiger partial charge in [0.1, 0.15) is 6.61 Å². The van der Waals surface area contributed by atoms with Crippen molar-refractivity contribution in [1.82, 2.24) is 5.43 Å². The summed E-state index contributed by atoms with van der Waals surface area (Å²) in [6.07, 6.45) is 0.0114. The van der Waals surface area contributed by atoms with Gasteiger partial charge in [-0.3, -0.25) is 4.79 Å². The molecule has 1 aliphatic rings. The fourth-order valence-electron chi connectivity index (χ4n) is 2.32. The number of benzene rings is 2. The minimum Gasteiger partial charge on any atom is -0.485 e. The third kappa shape index (κ3) is 3.51. The Morgan fingerprint density at radius 2 is 1.83 bits per heavy atom. The monoisotopic (exact) mass is 310 g/mol. The molecule has 2 aromatic rings. The second kappa shape index (κ2) is 6.96. The number of nitrogens with one attached hydrogen (secondary N) is 1. The molecule has 0 saturated carbocycles. The van der Waals surface area contributed by atoms with Gasteiger partial charge in [0, 0.05) is 0 Å². The zero-order chi connectivity index (χ0) is 16.1. The quantitative estimate of drug-likeness (QED) is 0.698. The van der Waals surface area contributed by atoms with E-state index in [9.17, 15) is 4.79 Å². The van der Waals surface area contributed by atoms with Gasteiger partial charge in [-0.15, -0.1) is 0 Å². The highest BCUT2D eigenvalue weighted by Gasteiger charge is 2.27. The maximum atomic E-state index is 12.2. The van der Waals surface area contributed by atoms with Crippen molar-refractivity contribution in [1.29, 1.82) is 0 Å². The van der Waals surface area contributed by atoms with Gasteiger partial charge < -0.3 is 9.47 Å². The minimum atomic E-state index is -0.706. The molecule has 23 heavy (non-hydrogen) atoms. The van der Waals surface area contributed by atoms with E-state index in [1.807, 2.05) is 55.5 Å². The molecule has 0 spiro atoms. The van der Waals surface area contributed by atoms with Crippen LogP contribution >= 0.6 is 0 Å². The van der Waals surface area contributed by atoms with Gasteiger partial charge in [-0.05, 0) is 24.1 Å². The molecule has 1 aliphatic heterocycles. The Kier molecular flexibility index (Phi) is 4.57. The van der Waals surface area contributed by atoms with Crippen LogP contribution in [0, 0.1) is 0 Å². The molecular weight excluding hydrogens is 292 g/mol. The van der Waals surface area contributed by atoms with Crippen LogP contribution in [0.15, 0.2) is 59.7 Å². The Morgan fingerprint density at radius 1 is 1.13 bits per heavy atom. The SMILES string of the molecule is CC/C(=N/NC(=O)[C@H]1COc2ccccc2O1)c1ccccc1. The van der Waals surface area contributed by atoms with Crippen LogP contribution in [0.2, 0.25) is 0 Å². The lowest BCUT2D eigenvalue weighted by atomic mass is 10.1. The number of hydrogen-bond acceptors (Lipinski definition) is 4. The number of para-hydroxylation sites is 2. The maximum absolute atomic E-state index is 12.2. The summed E-state index contributed by atoms with van der Waals surface area (Å²) in [5.41, 5.74) is 4.38. The molecule has 5 nitrogen and oxygen atoms in total. The van der Waals surface area contributed by atoms with Crippen LogP contribution < -0.4 is 14.9 Å². The topological polar surface area (TPSA) is 59.9 Å². The van der Waals surface area contributed by atoms with E-state index in [-0.39, 0.29) is 12.5 Å². The van der Waals surface area contributed by atoms with Crippen LogP contribution in [0.4, 0.5) is 0 Å². The summed E-state index contributed by atoms with van der Waals surface area (Å²) in [5.74, 6) is 0.904. The Morgan fingerprint density at radius 3 is 2.57 bits per heavy atom. The van der Waals surface area contributed by atoms with Gasteiger partial charge >= 0.3 is 0 Å². The molecule has 2 aromatic carbocycles. The third-order valence-electron chi connectivity index (χ3n) is 3.54. The number of nitrogens with zero attached hydrogens (tertiary/aromatic N) is 1. The van der Waals surface area contributed by atoms with E-state index < -0.39 is 6.10 Å². The van der Waals surface area contributed by atoms with Gasteiger partial charge in [-0.1, -0.05) is 49.4 Å². The number of carbonyl (C=O) groups excluding carboxylic acids is 1. The summed E-state index contributed by atoms with van der Waals surface area (Å²) in [5, 5.41) is 4.23.